The maximum absolute atomic E-state index is 13.3. The van der Waals surface area contributed by atoms with E-state index in [0.717, 1.165) is 18.7 Å². The lowest BCUT2D eigenvalue weighted by Gasteiger charge is -2.44. The molecule has 0 aromatic heterocycles. The summed E-state index contributed by atoms with van der Waals surface area (Å²) in [5.74, 6) is -0.165. The summed E-state index contributed by atoms with van der Waals surface area (Å²) in [6, 6.07) is 5.29. The van der Waals surface area contributed by atoms with Crippen molar-refractivity contribution in [2.24, 2.45) is 11.1 Å². The van der Waals surface area contributed by atoms with E-state index in [-0.39, 0.29) is 11.9 Å². The molecule has 2 N–H and O–H groups in total. The van der Waals surface area contributed by atoms with E-state index < -0.39 is 0 Å². The minimum atomic E-state index is -0.165. The number of nitrogens with zero attached hydrogens (tertiary/aromatic N) is 1. The fourth-order valence-electron chi connectivity index (χ4n) is 3.75. The number of piperidine rings is 1. The summed E-state index contributed by atoms with van der Waals surface area (Å²) in [6.07, 6.45) is 5.02. The molecule has 1 atom stereocenters. The molecule has 0 spiro atoms. The molecular weight excluding hydrogens is 263 g/mol. The number of nitrogens with two attached hydrogens (primary N) is 1. The molecule has 0 radical (unpaired) electrons. The van der Waals surface area contributed by atoms with E-state index in [0.29, 0.717) is 12.0 Å². The van der Waals surface area contributed by atoms with Crippen LogP contribution in [0.25, 0.3) is 0 Å². The number of aryl methyl sites for hydroxylation is 1. The van der Waals surface area contributed by atoms with Crippen molar-refractivity contribution in [3.05, 3.63) is 35.1 Å². The van der Waals surface area contributed by atoms with Crippen LogP contribution in [-0.2, 0) is 0 Å². The van der Waals surface area contributed by atoms with Gasteiger partial charge in [-0.1, -0.05) is 32.8 Å². The second kappa shape index (κ2) is 6.89. The zero-order valence-corrected chi connectivity index (χ0v) is 13.7. The topological polar surface area (TPSA) is 29.3 Å². The highest BCUT2D eigenvalue weighted by atomic mass is 19.1. The molecule has 1 unspecified atom stereocenters. The maximum atomic E-state index is 13.3. The Morgan fingerprint density at radius 2 is 1.86 bits per heavy atom. The summed E-state index contributed by atoms with van der Waals surface area (Å²) in [6.45, 7) is 9.39. The summed E-state index contributed by atoms with van der Waals surface area (Å²) in [4.78, 5) is 2.49. The zero-order valence-electron chi connectivity index (χ0n) is 13.7. The molecule has 0 aliphatic carbocycles. The third-order valence-corrected chi connectivity index (χ3v) is 5.61. The Labute approximate surface area is 128 Å². The monoisotopic (exact) mass is 292 g/mol. The standard InChI is InChI=1S/C18H29FN2/c1-4-18(5-2)8-10-21(11-9-18)17(13-20)16-7-6-15(19)12-14(16)3/h6-7,12,17H,4-5,8-11,13,20H2,1-3H3. The van der Waals surface area contributed by atoms with Crippen LogP contribution in [0.15, 0.2) is 18.2 Å². The van der Waals surface area contributed by atoms with Gasteiger partial charge in [-0.25, -0.2) is 4.39 Å². The van der Waals surface area contributed by atoms with Gasteiger partial charge in [-0.15, -0.1) is 0 Å². The van der Waals surface area contributed by atoms with Crippen LogP contribution in [0.2, 0.25) is 0 Å². The predicted molar refractivity (Wildman–Crippen MR) is 86.8 cm³/mol. The van der Waals surface area contributed by atoms with Gasteiger partial charge < -0.3 is 5.73 Å². The summed E-state index contributed by atoms with van der Waals surface area (Å²) in [5, 5.41) is 0. The van der Waals surface area contributed by atoms with Gasteiger partial charge in [0.15, 0.2) is 0 Å². The molecule has 1 aromatic carbocycles. The van der Waals surface area contributed by atoms with Gasteiger partial charge in [-0.2, -0.15) is 0 Å². The average Bonchev–Trinajstić information content (AvgIpc) is 2.51. The molecule has 2 nitrogen and oxygen atoms in total. The van der Waals surface area contributed by atoms with Crippen molar-refractivity contribution >= 4 is 0 Å². The van der Waals surface area contributed by atoms with Crippen LogP contribution in [0.1, 0.15) is 56.7 Å². The Hall–Kier alpha value is -0.930. The molecule has 1 aromatic rings. The highest BCUT2D eigenvalue weighted by molar-refractivity contribution is 5.30. The number of likely N-dealkylation sites (tertiary alicyclic amines) is 1. The normalized spacial score (nSPS) is 20.4. The number of hydrogen-bond donors (Lipinski definition) is 1. The van der Waals surface area contributed by atoms with Gasteiger partial charge in [0, 0.05) is 12.6 Å². The molecule has 0 amide bonds. The SMILES string of the molecule is CCC1(CC)CCN(C(CN)c2ccc(F)cc2C)CC1. The lowest BCUT2D eigenvalue weighted by Crippen LogP contribution is -2.43. The van der Waals surface area contributed by atoms with Gasteiger partial charge in [0.25, 0.3) is 0 Å². The Balaban J connectivity index is 2.13. The van der Waals surface area contributed by atoms with Crippen molar-refractivity contribution in [2.75, 3.05) is 19.6 Å². The molecule has 3 heteroatoms. The van der Waals surface area contributed by atoms with E-state index in [4.69, 9.17) is 5.73 Å². The molecule has 1 heterocycles. The largest absolute Gasteiger partial charge is 0.329 e. The van der Waals surface area contributed by atoms with Crippen molar-refractivity contribution in [1.29, 1.82) is 0 Å². The number of rotatable bonds is 5. The second-order valence-corrected chi connectivity index (χ2v) is 6.50. The zero-order chi connectivity index (χ0) is 15.5. The molecule has 21 heavy (non-hydrogen) atoms. The van der Waals surface area contributed by atoms with Crippen molar-refractivity contribution < 1.29 is 4.39 Å². The smallest absolute Gasteiger partial charge is 0.123 e. The highest BCUT2D eigenvalue weighted by Crippen LogP contribution is 2.40. The molecule has 2 rings (SSSR count). The number of halogens is 1. The number of benzene rings is 1. The molecule has 1 aliphatic rings. The van der Waals surface area contributed by atoms with E-state index in [2.05, 4.69) is 18.7 Å². The Bertz CT molecular complexity index is 458. The minimum Gasteiger partial charge on any atom is -0.329 e. The first-order valence-corrected chi connectivity index (χ1v) is 8.25. The summed E-state index contributed by atoms with van der Waals surface area (Å²) in [7, 11) is 0. The van der Waals surface area contributed by atoms with Crippen molar-refractivity contribution in [2.45, 2.75) is 52.5 Å². The summed E-state index contributed by atoms with van der Waals surface area (Å²) in [5.41, 5.74) is 8.75. The fourth-order valence-corrected chi connectivity index (χ4v) is 3.75. The first-order chi connectivity index (χ1) is 10.0. The lowest BCUT2D eigenvalue weighted by atomic mass is 9.74. The predicted octanol–water partition coefficient (Wildman–Crippen LogP) is 4.04. The number of hydrogen-bond acceptors (Lipinski definition) is 2. The summed E-state index contributed by atoms with van der Waals surface area (Å²) < 4.78 is 13.3. The van der Waals surface area contributed by atoms with Gasteiger partial charge in [0.05, 0.1) is 0 Å². The van der Waals surface area contributed by atoms with Gasteiger partial charge in [-0.3, -0.25) is 4.90 Å². The highest BCUT2D eigenvalue weighted by Gasteiger charge is 2.33. The average molecular weight is 292 g/mol. The fraction of sp³-hybridized carbons (Fsp3) is 0.667. The Morgan fingerprint density at radius 3 is 2.33 bits per heavy atom. The van der Waals surface area contributed by atoms with E-state index in [1.807, 2.05) is 13.0 Å². The van der Waals surface area contributed by atoms with Gasteiger partial charge in [-0.05, 0) is 61.5 Å². The van der Waals surface area contributed by atoms with E-state index in [1.54, 1.807) is 12.1 Å². The second-order valence-electron chi connectivity index (χ2n) is 6.50. The van der Waals surface area contributed by atoms with Crippen molar-refractivity contribution in [1.82, 2.24) is 4.90 Å². The van der Waals surface area contributed by atoms with Gasteiger partial charge in [0.2, 0.25) is 0 Å². The van der Waals surface area contributed by atoms with Crippen LogP contribution in [0, 0.1) is 18.2 Å². The molecule has 0 saturated carbocycles. The minimum absolute atomic E-state index is 0.165. The molecule has 1 fully saturated rings. The molecule has 1 saturated heterocycles. The molecule has 1 aliphatic heterocycles. The van der Waals surface area contributed by atoms with Crippen LogP contribution in [0.4, 0.5) is 4.39 Å². The Morgan fingerprint density at radius 1 is 1.24 bits per heavy atom. The Kier molecular flexibility index (Phi) is 5.39. The van der Waals surface area contributed by atoms with Crippen LogP contribution in [0.3, 0.4) is 0 Å². The first-order valence-electron chi connectivity index (χ1n) is 8.25. The van der Waals surface area contributed by atoms with Crippen LogP contribution < -0.4 is 5.73 Å². The van der Waals surface area contributed by atoms with E-state index >= 15 is 0 Å². The van der Waals surface area contributed by atoms with E-state index in [1.165, 1.54) is 31.2 Å². The van der Waals surface area contributed by atoms with Crippen LogP contribution in [-0.4, -0.2) is 24.5 Å². The summed E-state index contributed by atoms with van der Waals surface area (Å²) >= 11 is 0. The van der Waals surface area contributed by atoms with Crippen LogP contribution in [0.5, 0.6) is 0 Å². The maximum Gasteiger partial charge on any atom is 0.123 e. The quantitative estimate of drug-likeness (QED) is 0.887. The molecule has 0 bridgehead atoms. The molecule has 118 valence electrons. The third kappa shape index (κ3) is 3.46. The van der Waals surface area contributed by atoms with E-state index in [9.17, 15) is 4.39 Å². The first kappa shape index (κ1) is 16.4. The third-order valence-electron chi connectivity index (χ3n) is 5.61. The van der Waals surface area contributed by atoms with Crippen molar-refractivity contribution in [3.63, 3.8) is 0 Å². The van der Waals surface area contributed by atoms with Crippen molar-refractivity contribution in [3.8, 4) is 0 Å². The van der Waals surface area contributed by atoms with Gasteiger partial charge >= 0.3 is 0 Å². The molecular formula is C18H29FN2. The van der Waals surface area contributed by atoms with Crippen LogP contribution >= 0.6 is 0 Å². The lowest BCUT2D eigenvalue weighted by molar-refractivity contribution is 0.0678. The van der Waals surface area contributed by atoms with Gasteiger partial charge in [0.1, 0.15) is 5.82 Å².